The number of benzene rings is 2. The Morgan fingerprint density at radius 1 is 0.968 bits per heavy atom. The summed E-state index contributed by atoms with van der Waals surface area (Å²) in [5, 5.41) is 5.81. The molecular formula is C25H28N4O2. The van der Waals surface area contributed by atoms with E-state index in [1.807, 2.05) is 61.2 Å². The Morgan fingerprint density at radius 3 is 2.42 bits per heavy atom. The fourth-order valence-electron chi connectivity index (χ4n) is 3.13. The molecule has 3 rings (SSSR count). The minimum Gasteiger partial charge on any atom is -0.358 e. The number of rotatable bonds is 9. The number of nitrogens with one attached hydrogen (secondary N) is 2. The lowest BCUT2D eigenvalue weighted by atomic mass is 10.1. The maximum Gasteiger partial charge on any atom is 0.253 e. The maximum atomic E-state index is 12.9. The van der Waals surface area contributed by atoms with E-state index >= 15 is 0 Å². The highest BCUT2D eigenvalue weighted by atomic mass is 16.2. The van der Waals surface area contributed by atoms with Crippen LogP contribution in [0.2, 0.25) is 0 Å². The van der Waals surface area contributed by atoms with Gasteiger partial charge < -0.3 is 15.5 Å². The van der Waals surface area contributed by atoms with Crippen LogP contribution in [0, 0.1) is 5.92 Å². The number of amides is 2. The fraction of sp³-hybridized carbons (Fsp3) is 0.240. The fourth-order valence-corrected chi connectivity index (χ4v) is 3.13. The van der Waals surface area contributed by atoms with E-state index in [-0.39, 0.29) is 18.4 Å². The molecule has 1 aromatic heterocycles. The molecule has 0 atom stereocenters. The van der Waals surface area contributed by atoms with Gasteiger partial charge in [0.1, 0.15) is 0 Å². The number of pyridine rings is 1. The van der Waals surface area contributed by atoms with Gasteiger partial charge in [-0.1, -0.05) is 50.2 Å². The largest absolute Gasteiger partial charge is 0.358 e. The van der Waals surface area contributed by atoms with Gasteiger partial charge in [0, 0.05) is 31.2 Å². The molecule has 0 bridgehead atoms. The van der Waals surface area contributed by atoms with Gasteiger partial charge in [-0.05, 0) is 41.8 Å². The lowest BCUT2D eigenvalue weighted by Crippen LogP contribution is -2.34. The first kappa shape index (κ1) is 22.0. The average molecular weight is 417 g/mol. The van der Waals surface area contributed by atoms with Crippen molar-refractivity contribution >= 4 is 23.2 Å². The van der Waals surface area contributed by atoms with Crippen molar-refractivity contribution in [1.82, 2.24) is 10.3 Å². The number of carbonyl (C=O) groups excluding carboxylic acids is 2. The van der Waals surface area contributed by atoms with E-state index in [1.165, 1.54) is 0 Å². The Bertz CT molecular complexity index is 991. The first-order valence-corrected chi connectivity index (χ1v) is 10.4. The molecule has 6 nitrogen and oxygen atoms in total. The molecule has 2 amide bonds. The van der Waals surface area contributed by atoms with Gasteiger partial charge in [0.15, 0.2) is 0 Å². The Kier molecular flexibility index (Phi) is 7.76. The molecule has 0 unspecified atom stereocenters. The summed E-state index contributed by atoms with van der Waals surface area (Å²) in [5.74, 6) is -0.0469. The van der Waals surface area contributed by atoms with Gasteiger partial charge in [-0.3, -0.25) is 14.6 Å². The second kappa shape index (κ2) is 10.9. The first-order chi connectivity index (χ1) is 15.0. The van der Waals surface area contributed by atoms with E-state index in [2.05, 4.69) is 15.6 Å². The quantitative estimate of drug-likeness (QED) is 0.550. The predicted molar refractivity (Wildman–Crippen MR) is 124 cm³/mol. The van der Waals surface area contributed by atoms with Crippen LogP contribution < -0.4 is 15.5 Å². The van der Waals surface area contributed by atoms with E-state index in [4.69, 9.17) is 0 Å². The molecule has 31 heavy (non-hydrogen) atoms. The van der Waals surface area contributed by atoms with Gasteiger partial charge in [-0.25, -0.2) is 0 Å². The zero-order valence-corrected chi connectivity index (χ0v) is 17.9. The SMILES string of the molecule is CC(C)CNC(=O)c1ccccc1NC(=O)CN(Cc1cccnc1)c1ccccc1. The molecule has 2 N–H and O–H groups in total. The molecule has 0 saturated carbocycles. The minimum absolute atomic E-state index is 0.140. The summed E-state index contributed by atoms with van der Waals surface area (Å²) in [6.45, 7) is 5.33. The predicted octanol–water partition coefficient (Wildman–Crippen LogP) is 4.11. The van der Waals surface area contributed by atoms with E-state index in [0.29, 0.717) is 30.3 Å². The van der Waals surface area contributed by atoms with Gasteiger partial charge in [0.05, 0.1) is 17.8 Å². The molecule has 6 heteroatoms. The zero-order chi connectivity index (χ0) is 22.1. The van der Waals surface area contributed by atoms with Crippen molar-refractivity contribution < 1.29 is 9.59 Å². The van der Waals surface area contributed by atoms with Crippen LogP contribution in [0.5, 0.6) is 0 Å². The normalized spacial score (nSPS) is 10.5. The Hall–Kier alpha value is -3.67. The van der Waals surface area contributed by atoms with Crippen molar-refractivity contribution in [3.8, 4) is 0 Å². The van der Waals surface area contributed by atoms with Crippen LogP contribution in [0.15, 0.2) is 79.1 Å². The van der Waals surface area contributed by atoms with Crippen LogP contribution in [0.4, 0.5) is 11.4 Å². The van der Waals surface area contributed by atoms with Crippen LogP contribution in [0.25, 0.3) is 0 Å². The van der Waals surface area contributed by atoms with Crippen LogP contribution >= 0.6 is 0 Å². The van der Waals surface area contributed by atoms with Crippen LogP contribution in [-0.2, 0) is 11.3 Å². The molecular weight excluding hydrogens is 388 g/mol. The number of anilines is 2. The third kappa shape index (κ3) is 6.67. The van der Waals surface area contributed by atoms with Gasteiger partial charge >= 0.3 is 0 Å². The molecule has 0 radical (unpaired) electrons. The van der Waals surface area contributed by atoms with Crippen molar-refractivity contribution in [1.29, 1.82) is 0 Å². The van der Waals surface area contributed by atoms with Crippen LogP contribution in [0.1, 0.15) is 29.8 Å². The zero-order valence-electron chi connectivity index (χ0n) is 17.9. The number of hydrogen-bond donors (Lipinski definition) is 2. The molecule has 0 fully saturated rings. The lowest BCUT2D eigenvalue weighted by molar-refractivity contribution is -0.115. The second-order valence-corrected chi connectivity index (χ2v) is 7.75. The highest BCUT2D eigenvalue weighted by Gasteiger charge is 2.16. The summed E-state index contributed by atoms with van der Waals surface area (Å²) >= 11 is 0. The standard InChI is InChI=1S/C25H28N4O2/c1-19(2)15-27-25(31)22-12-6-7-13-23(22)28-24(30)18-29(21-10-4-3-5-11-21)17-20-9-8-14-26-16-20/h3-14,16,19H,15,17-18H2,1-2H3,(H,27,31)(H,28,30). The summed E-state index contributed by atoms with van der Waals surface area (Å²) in [6.07, 6.45) is 3.52. The van der Waals surface area contributed by atoms with Crippen molar-refractivity contribution in [2.75, 3.05) is 23.3 Å². The molecule has 3 aromatic rings. The lowest BCUT2D eigenvalue weighted by Gasteiger charge is -2.24. The molecule has 0 aliphatic rings. The van der Waals surface area contributed by atoms with Crippen molar-refractivity contribution in [3.63, 3.8) is 0 Å². The Morgan fingerprint density at radius 2 is 1.71 bits per heavy atom. The summed E-state index contributed by atoms with van der Waals surface area (Å²) < 4.78 is 0. The van der Waals surface area contributed by atoms with Gasteiger partial charge in [0.2, 0.25) is 5.91 Å². The smallest absolute Gasteiger partial charge is 0.253 e. The summed E-state index contributed by atoms with van der Waals surface area (Å²) in [7, 11) is 0. The number of carbonyl (C=O) groups is 2. The molecule has 0 saturated heterocycles. The summed E-state index contributed by atoms with van der Waals surface area (Å²) in [5.41, 5.74) is 2.90. The van der Waals surface area contributed by atoms with E-state index < -0.39 is 0 Å². The second-order valence-electron chi connectivity index (χ2n) is 7.75. The topological polar surface area (TPSA) is 74.3 Å². The molecule has 2 aromatic carbocycles. The van der Waals surface area contributed by atoms with Gasteiger partial charge in [0.25, 0.3) is 5.91 Å². The van der Waals surface area contributed by atoms with Gasteiger partial charge in [-0.15, -0.1) is 0 Å². The van der Waals surface area contributed by atoms with E-state index in [9.17, 15) is 9.59 Å². The Balaban J connectivity index is 1.73. The number of hydrogen-bond acceptors (Lipinski definition) is 4. The molecule has 160 valence electrons. The molecule has 1 heterocycles. The molecule has 0 aliphatic heterocycles. The van der Waals surface area contributed by atoms with Gasteiger partial charge in [-0.2, -0.15) is 0 Å². The highest BCUT2D eigenvalue weighted by molar-refractivity contribution is 6.04. The highest BCUT2D eigenvalue weighted by Crippen LogP contribution is 2.18. The number of para-hydroxylation sites is 2. The number of nitrogens with zero attached hydrogens (tertiary/aromatic N) is 2. The van der Waals surface area contributed by atoms with Crippen molar-refractivity contribution in [2.24, 2.45) is 5.92 Å². The monoisotopic (exact) mass is 416 g/mol. The van der Waals surface area contributed by atoms with Crippen molar-refractivity contribution in [2.45, 2.75) is 20.4 Å². The first-order valence-electron chi connectivity index (χ1n) is 10.4. The maximum absolute atomic E-state index is 12.9. The minimum atomic E-state index is -0.197. The van der Waals surface area contributed by atoms with E-state index in [1.54, 1.807) is 36.7 Å². The molecule has 0 spiro atoms. The number of aromatic nitrogens is 1. The summed E-state index contributed by atoms with van der Waals surface area (Å²) in [4.78, 5) is 31.6. The van der Waals surface area contributed by atoms with Crippen LogP contribution in [0.3, 0.4) is 0 Å². The molecule has 0 aliphatic carbocycles. The third-order valence-corrected chi connectivity index (χ3v) is 4.67. The summed E-state index contributed by atoms with van der Waals surface area (Å²) in [6, 6.07) is 20.7. The van der Waals surface area contributed by atoms with E-state index in [0.717, 1.165) is 11.3 Å². The third-order valence-electron chi connectivity index (χ3n) is 4.67. The van der Waals surface area contributed by atoms with Crippen LogP contribution in [-0.4, -0.2) is 29.9 Å². The average Bonchev–Trinajstić information content (AvgIpc) is 2.78. The van der Waals surface area contributed by atoms with Crippen molar-refractivity contribution in [3.05, 3.63) is 90.3 Å². The Labute approximate surface area is 183 Å².